The average molecular weight is 397 g/mol. The minimum atomic E-state index is -0.0647. The molecule has 0 saturated heterocycles. The van der Waals surface area contributed by atoms with Crippen LogP contribution in [0.4, 0.5) is 10.5 Å². The van der Waals surface area contributed by atoms with E-state index in [2.05, 4.69) is 31.3 Å². The maximum Gasteiger partial charge on any atom is 0.321 e. The summed E-state index contributed by atoms with van der Waals surface area (Å²) in [6, 6.07) is 16.1. The molecule has 0 unspecified atom stereocenters. The zero-order valence-corrected chi connectivity index (χ0v) is 18.2. The first-order valence-electron chi connectivity index (χ1n) is 11.0. The van der Waals surface area contributed by atoms with Crippen LogP contribution in [0.15, 0.2) is 48.5 Å². The number of carbonyl (C=O) groups is 1. The molecule has 1 N–H and O–H groups in total. The Bertz CT molecular complexity index is 745. The van der Waals surface area contributed by atoms with Crippen molar-refractivity contribution in [2.24, 2.45) is 0 Å². The molecule has 0 atom stereocenters. The van der Waals surface area contributed by atoms with Gasteiger partial charge < -0.3 is 10.1 Å². The van der Waals surface area contributed by atoms with Crippen LogP contribution in [0, 0.1) is 0 Å². The van der Waals surface area contributed by atoms with Gasteiger partial charge in [-0.25, -0.2) is 4.79 Å². The predicted molar refractivity (Wildman–Crippen MR) is 123 cm³/mol. The highest BCUT2D eigenvalue weighted by molar-refractivity contribution is 5.92. The summed E-state index contributed by atoms with van der Waals surface area (Å²) < 4.78 is 5.98. The second kappa shape index (κ2) is 12.9. The van der Waals surface area contributed by atoms with Gasteiger partial charge in [0.2, 0.25) is 0 Å². The van der Waals surface area contributed by atoms with Crippen molar-refractivity contribution in [1.29, 1.82) is 0 Å². The van der Waals surface area contributed by atoms with Gasteiger partial charge >= 0.3 is 6.03 Å². The summed E-state index contributed by atoms with van der Waals surface area (Å²) in [5.74, 6) is 0.886. The van der Waals surface area contributed by atoms with E-state index < -0.39 is 0 Å². The van der Waals surface area contributed by atoms with Crippen LogP contribution in [0.2, 0.25) is 0 Å². The molecule has 0 aliphatic heterocycles. The van der Waals surface area contributed by atoms with Gasteiger partial charge in [0, 0.05) is 24.8 Å². The van der Waals surface area contributed by atoms with Gasteiger partial charge in [-0.15, -0.1) is 0 Å². The number of hydrogen-bond acceptors (Lipinski definition) is 2. The SMILES string of the molecule is CCCCCCCNC(=O)N(C)c1cccc(-c2ccccc2OCCCC)c1. The Morgan fingerprint density at radius 3 is 2.48 bits per heavy atom. The Hall–Kier alpha value is -2.49. The van der Waals surface area contributed by atoms with Gasteiger partial charge in [0.05, 0.1) is 6.61 Å². The van der Waals surface area contributed by atoms with E-state index in [4.69, 9.17) is 4.74 Å². The molecule has 0 spiro atoms. The number of anilines is 1. The van der Waals surface area contributed by atoms with Crippen LogP contribution in [-0.2, 0) is 0 Å². The van der Waals surface area contributed by atoms with E-state index >= 15 is 0 Å². The molecular weight excluding hydrogens is 360 g/mol. The van der Waals surface area contributed by atoms with Crippen molar-refractivity contribution >= 4 is 11.7 Å². The number of rotatable bonds is 12. The van der Waals surface area contributed by atoms with Crippen molar-refractivity contribution in [3.63, 3.8) is 0 Å². The van der Waals surface area contributed by atoms with Crippen LogP contribution in [0.5, 0.6) is 5.75 Å². The lowest BCUT2D eigenvalue weighted by atomic mass is 10.0. The van der Waals surface area contributed by atoms with Crippen molar-refractivity contribution in [2.45, 2.75) is 58.8 Å². The number of benzene rings is 2. The van der Waals surface area contributed by atoms with Gasteiger partial charge in [-0.3, -0.25) is 4.90 Å². The second-order valence-corrected chi connectivity index (χ2v) is 7.45. The quantitative estimate of drug-likeness (QED) is 0.408. The Kier molecular flexibility index (Phi) is 10.1. The number of nitrogens with one attached hydrogen (secondary N) is 1. The molecule has 0 bridgehead atoms. The van der Waals surface area contributed by atoms with Gasteiger partial charge in [-0.1, -0.05) is 76.3 Å². The Labute approximate surface area is 176 Å². The highest BCUT2D eigenvalue weighted by Gasteiger charge is 2.12. The van der Waals surface area contributed by atoms with Crippen LogP contribution in [-0.4, -0.2) is 26.2 Å². The van der Waals surface area contributed by atoms with E-state index in [1.54, 1.807) is 4.90 Å². The van der Waals surface area contributed by atoms with E-state index in [9.17, 15) is 4.79 Å². The number of urea groups is 1. The summed E-state index contributed by atoms with van der Waals surface area (Å²) in [5, 5.41) is 3.03. The highest BCUT2D eigenvalue weighted by Crippen LogP contribution is 2.32. The highest BCUT2D eigenvalue weighted by atomic mass is 16.5. The lowest BCUT2D eigenvalue weighted by Crippen LogP contribution is -2.37. The Morgan fingerprint density at radius 1 is 0.931 bits per heavy atom. The van der Waals surface area contributed by atoms with Crippen molar-refractivity contribution in [3.8, 4) is 16.9 Å². The van der Waals surface area contributed by atoms with Crippen LogP contribution in [0.25, 0.3) is 11.1 Å². The number of hydrogen-bond donors (Lipinski definition) is 1. The minimum Gasteiger partial charge on any atom is -0.493 e. The summed E-state index contributed by atoms with van der Waals surface area (Å²) >= 11 is 0. The normalized spacial score (nSPS) is 10.6. The third-order valence-electron chi connectivity index (χ3n) is 5.05. The van der Waals surface area contributed by atoms with E-state index in [0.717, 1.165) is 48.4 Å². The Morgan fingerprint density at radius 2 is 1.69 bits per heavy atom. The van der Waals surface area contributed by atoms with Crippen molar-refractivity contribution in [3.05, 3.63) is 48.5 Å². The molecule has 2 aromatic rings. The molecular formula is C25H36N2O2. The first kappa shape index (κ1) is 22.8. The number of ether oxygens (including phenoxy) is 1. The summed E-state index contributed by atoms with van der Waals surface area (Å²) in [7, 11) is 1.81. The molecule has 0 radical (unpaired) electrons. The molecule has 4 nitrogen and oxygen atoms in total. The third kappa shape index (κ3) is 7.45. The van der Waals surface area contributed by atoms with Gasteiger partial charge in [0.1, 0.15) is 5.75 Å². The Balaban J connectivity index is 2.01. The van der Waals surface area contributed by atoms with Crippen molar-refractivity contribution < 1.29 is 9.53 Å². The predicted octanol–water partition coefficient (Wildman–Crippen LogP) is 6.65. The van der Waals surface area contributed by atoms with Crippen molar-refractivity contribution in [1.82, 2.24) is 5.32 Å². The first-order chi connectivity index (χ1) is 14.2. The molecule has 0 aliphatic rings. The standard InChI is InChI=1S/C25H36N2O2/c1-4-6-8-9-12-18-26-25(28)27(3)22-15-13-14-21(20-22)23-16-10-11-17-24(23)29-19-7-5-2/h10-11,13-17,20H,4-9,12,18-19H2,1-3H3,(H,26,28). The topological polar surface area (TPSA) is 41.6 Å². The summed E-state index contributed by atoms with van der Waals surface area (Å²) in [4.78, 5) is 14.2. The van der Waals surface area contributed by atoms with E-state index in [-0.39, 0.29) is 6.03 Å². The molecule has 0 aromatic heterocycles. The van der Waals surface area contributed by atoms with Crippen molar-refractivity contribution in [2.75, 3.05) is 25.1 Å². The summed E-state index contributed by atoms with van der Waals surface area (Å²) in [5.41, 5.74) is 2.97. The monoisotopic (exact) mass is 396 g/mol. The van der Waals surface area contributed by atoms with Gasteiger partial charge in [-0.05, 0) is 36.6 Å². The smallest absolute Gasteiger partial charge is 0.321 e. The average Bonchev–Trinajstić information content (AvgIpc) is 2.76. The number of carbonyl (C=O) groups excluding carboxylic acids is 1. The van der Waals surface area contributed by atoms with E-state index in [1.807, 2.05) is 43.4 Å². The lowest BCUT2D eigenvalue weighted by molar-refractivity contribution is 0.247. The fourth-order valence-electron chi connectivity index (χ4n) is 3.20. The zero-order valence-electron chi connectivity index (χ0n) is 18.2. The first-order valence-corrected chi connectivity index (χ1v) is 11.0. The maximum atomic E-state index is 12.5. The molecule has 2 aromatic carbocycles. The largest absolute Gasteiger partial charge is 0.493 e. The van der Waals surface area contributed by atoms with Crippen LogP contribution in [0.1, 0.15) is 58.8 Å². The van der Waals surface area contributed by atoms with Gasteiger partial charge in [0.25, 0.3) is 0 Å². The number of amides is 2. The molecule has 0 aliphatic carbocycles. The van der Waals surface area contributed by atoms with E-state index in [0.29, 0.717) is 6.61 Å². The molecule has 0 fully saturated rings. The second-order valence-electron chi connectivity index (χ2n) is 7.45. The molecule has 0 saturated carbocycles. The van der Waals surface area contributed by atoms with Crippen LogP contribution in [0.3, 0.4) is 0 Å². The molecule has 2 amide bonds. The maximum absolute atomic E-state index is 12.5. The number of unbranched alkanes of at least 4 members (excludes halogenated alkanes) is 5. The van der Waals surface area contributed by atoms with E-state index in [1.165, 1.54) is 25.7 Å². The van der Waals surface area contributed by atoms with Crippen LogP contribution < -0.4 is 15.0 Å². The number of nitrogens with zero attached hydrogens (tertiary/aromatic N) is 1. The molecule has 29 heavy (non-hydrogen) atoms. The number of para-hydroxylation sites is 1. The van der Waals surface area contributed by atoms with Gasteiger partial charge in [0.15, 0.2) is 0 Å². The fourth-order valence-corrected chi connectivity index (χ4v) is 3.20. The van der Waals surface area contributed by atoms with Crippen LogP contribution >= 0.6 is 0 Å². The molecule has 158 valence electrons. The summed E-state index contributed by atoms with van der Waals surface area (Å²) in [6.07, 6.45) is 8.09. The third-order valence-corrected chi connectivity index (χ3v) is 5.05. The molecule has 0 heterocycles. The lowest BCUT2D eigenvalue weighted by Gasteiger charge is -2.19. The molecule has 4 heteroatoms. The summed E-state index contributed by atoms with van der Waals surface area (Å²) in [6.45, 7) is 5.81. The molecule has 2 rings (SSSR count). The zero-order chi connectivity index (χ0) is 20.9. The minimum absolute atomic E-state index is 0.0647. The van der Waals surface area contributed by atoms with Gasteiger partial charge in [-0.2, -0.15) is 0 Å². The fraction of sp³-hybridized carbons (Fsp3) is 0.480.